The second-order valence-electron chi connectivity index (χ2n) is 4.18. The fraction of sp³-hybridized carbons (Fsp3) is 0.286. The molecule has 2 rings (SSSR count). The summed E-state index contributed by atoms with van der Waals surface area (Å²) in [4.78, 5) is 8.78. The lowest BCUT2D eigenvalue weighted by Crippen LogP contribution is -2.24. The summed E-state index contributed by atoms with van der Waals surface area (Å²) in [5.74, 6) is 0. The molecule has 3 nitrogen and oxygen atoms in total. The molecule has 2 aromatic rings. The second-order valence-corrected chi connectivity index (χ2v) is 5.54. The Morgan fingerprint density at radius 2 is 2.05 bits per heavy atom. The Balaban J connectivity index is 2.15. The van der Waals surface area contributed by atoms with Crippen molar-refractivity contribution in [3.05, 3.63) is 57.5 Å². The average molecular weight is 341 g/mol. The molecular formula is C14H15BrClN3. The predicted molar refractivity (Wildman–Crippen MR) is 81.3 cm³/mol. The molecular weight excluding hydrogens is 326 g/mol. The van der Waals surface area contributed by atoms with Gasteiger partial charge in [0.05, 0.1) is 16.8 Å². The Kier molecular flexibility index (Phi) is 5.31. The van der Waals surface area contributed by atoms with E-state index in [4.69, 9.17) is 11.6 Å². The molecule has 0 aliphatic heterocycles. The highest BCUT2D eigenvalue weighted by Gasteiger charge is 2.13. The third-order valence-corrected chi connectivity index (χ3v) is 3.45. The molecule has 5 heteroatoms. The first-order valence-electron chi connectivity index (χ1n) is 6.14. The zero-order chi connectivity index (χ0) is 13.7. The Labute approximate surface area is 126 Å². The first-order valence-corrected chi connectivity index (χ1v) is 7.31. The summed E-state index contributed by atoms with van der Waals surface area (Å²) in [5.41, 5.74) is 2.02. The van der Waals surface area contributed by atoms with Gasteiger partial charge in [-0.05, 0) is 46.7 Å². The molecule has 1 unspecified atom stereocenters. The summed E-state index contributed by atoms with van der Waals surface area (Å²) in [6.07, 6.45) is 4.29. The molecule has 0 fully saturated rings. The Hall–Kier alpha value is -0.970. The lowest BCUT2D eigenvalue weighted by atomic mass is 10.1. The summed E-state index contributed by atoms with van der Waals surface area (Å²) in [6.45, 7) is 2.96. The predicted octanol–water partition coefficient (Wildman–Crippen LogP) is 3.79. The number of nitrogens with zero attached hydrogens (tertiary/aromatic N) is 2. The highest BCUT2D eigenvalue weighted by atomic mass is 79.9. The molecule has 0 bridgehead atoms. The van der Waals surface area contributed by atoms with Gasteiger partial charge in [-0.25, -0.2) is 0 Å². The van der Waals surface area contributed by atoms with E-state index >= 15 is 0 Å². The zero-order valence-electron chi connectivity index (χ0n) is 10.6. The first-order chi connectivity index (χ1) is 9.19. The van der Waals surface area contributed by atoms with Crippen LogP contribution >= 0.6 is 27.5 Å². The maximum Gasteiger partial charge on any atom is 0.0589 e. The van der Waals surface area contributed by atoms with Crippen LogP contribution in [0.15, 0.2) is 41.1 Å². The van der Waals surface area contributed by atoms with Crippen LogP contribution in [0.5, 0.6) is 0 Å². The lowest BCUT2D eigenvalue weighted by molar-refractivity contribution is 0.531. The molecule has 0 radical (unpaired) electrons. The van der Waals surface area contributed by atoms with Crippen LogP contribution in [0.3, 0.4) is 0 Å². The molecule has 1 atom stereocenters. The average Bonchev–Trinajstić information content (AvgIpc) is 2.42. The van der Waals surface area contributed by atoms with Gasteiger partial charge in [0, 0.05) is 29.0 Å². The molecule has 100 valence electrons. The van der Waals surface area contributed by atoms with E-state index in [1.165, 1.54) is 0 Å². The topological polar surface area (TPSA) is 37.8 Å². The van der Waals surface area contributed by atoms with Gasteiger partial charge in [-0.3, -0.25) is 9.97 Å². The minimum atomic E-state index is 0.149. The number of nitrogens with one attached hydrogen (secondary N) is 1. The molecule has 0 aliphatic carbocycles. The molecule has 0 spiro atoms. The first kappa shape index (κ1) is 14.4. The van der Waals surface area contributed by atoms with Crippen LogP contribution in [0.1, 0.15) is 24.4 Å². The van der Waals surface area contributed by atoms with Gasteiger partial charge in [-0.2, -0.15) is 0 Å². The fourth-order valence-corrected chi connectivity index (χ4v) is 2.20. The maximum absolute atomic E-state index is 5.87. The van der Waals surface area contributed by atoms with Gasteiger partial charge in [0.15, 0.2) is 0 Å². The molecule has 19 heavy (non-hydrogen) atoms. The number of likely N-dealkylation sites (N-methyl/N-ethyl adjacent to an activating group) is 1. The summed E-state index contributed by atoms with van der Waals surface area (Å²) < 4.78 is 0.987. The van der Waals surface area contributed by atoms with E-state index in [0.717, 1.165) is 28.8 Å². The van der Waals surface area contributed by atoms with Crippen LogP contribution < -0.4 is 5.32 Å². The summed E-state index contributed by atoms with van der Waals surface area (Å²) >= 11 is 9.26. The molecule has 0 aliphatic rings. The molecule has 2 heterocycles. The maximum atomic E-state index is 5.87. The number of pyridine rings is 2. The summed E-state index contributed by atoms with van der Waals surface area (Å²) in [6, 6.07) is 7.99. The van der Waals surface area contributed by atoms with Gasteiger partial charge >= 0.3 is 0 Å². The van der Waals surface area contributed by atoms with Crippen molar-refractivity contribution in [1.29, 1.82) is 0 Å². The van der Waals surface area contributed by atoms with Crippen LogP contribution in [0.2, 0.25) is 5.02 Å². The van der Waals surface area contributed by atoms with Crippen LogP contribution in [0.25, 0.3) is 0 Å². The lowest BCUT2D eigenvalue weighted by Gasteiger charge is -2.17. The molecule has 0 saturated heterocycles. The van der Waals surface area contributed by atoms with Crippen LogP contribution in [-0.2, 0) is 6.42 Å². The third kappa shape index (κ3) is 4.27. The highest BCUT2D eigenvalue weighted by molar-refractivity contribution is 9.10. The number of hydrogen-bond acceptors (Lipinski definition) is 3. The molecule has 0 saturated carbocycles. The van der Waals surface area contributed by atoms with Gasteiger partial charge in [0.25, 0.3) is 0 Å². The zero-order valence-corrected chi connectivity index (χ0v) is 12.9. The van der Waals surface area contributed by atoms with E-state index in [1.807, 2.05) is 30.5 Å². The Bertz CT molecular complexity index is 513. The minimum absolute atomic E-state index is 0.149. The Morgan fingerprint density at radius 1 is 1.21 bits per heavy atom. The van der Waals surface area contributed by atoms with Crippen LogP contribution in [-0.4, -0.2) is 16.5 Å². The monoisotopic (exact) mass is 339 g/mol. The van der Waals surface area contributed by atoms with Gasteiger partial charge in [-0.1, -0.05) is 18.5 Å². The third-order valence-electron chi connectivity index (χ3n) is 2.76. The molecule has 0 amide bonds. The van der Waals surface area contributed by atoms with Gasteiger partial charge in [-0.15, -0.1) is 0 Å². The van der Waals surface area contributed by atoms with Crippen molar-refractivity contribution in [2.45, 2.75) is 19.4 Å². The number of hydrogen-bond donors (Lipinski definition) is 1. The van der Waals surface area contributed by atoms with E-state index in [9.17, 15) is 0 Å². The van der Waals surface area contributed by atoms with Crippen LogP contribution in [0.4, 0.5) is 0 Å². The van der Waals surface area contributed by atoms with E-state index in [2.05, 4.69) is 38.1 Å². The second kappa shape index (κ2) is 6.98. The van der Waals surface area contributed by atoms with Gasteiger partial charge < -0.3 is 5.32 Å². The van der Waals surface area contributed by atoms with E-state index < -0.39 is 0 Å². The molecule has 0 aromatic carbocycles. The fourth-order valence-electron chi connectivity index (χ4n) is 1.86. The van der Waals surface area contributed by atoms with Crippen molar-refractivity contribution >= 4 is 27.5 Å². The highest BCUT2D eigenvalue weighted by Crippen LogP contribution is 2.18. The largest absolute Gasteiger partial charge is 0.309 e. The number of halogens is 2. The summed E-state index contributed by atoms with van der Waals surface area (Å²) in [7, 11) is 0. The van der Waals surface area contributed by atoms with Gasteiger partial charge in [0.1, 0.15) is 0 Å². The smallest absolute Gasteiger partial charge is 0.0589 e. The van der Waals surface area contributed by atoms with E-state index in [-0.39, 0.29) is 6.04 Å². The van der Waals surface area contributed by atoms with Crippen molar-refractivity contribution in [2.75, 3.05) is 6.54 Å². The molecule has 1 N–H and O–H groups in total. The minimum Gasteiger partial charge on any atom is -0.309 e. The van der Waals surface area contributed by atoms with Crippen molar-refractivity contribution in [3.8, 4) is 0 Å². The number of rotatable bonds is 5. The van der Waals surface area contributed by atoms with E-state index in [0.29, 0.717) is 5.02 Å². The standard InChI is InChI=1S/C14H15BrClN3/c1-2-17-14(13-6-4-11(16)9-19-13)7-12-5-3-10(15)8-18-12/h3-6,8-9,14,17H,2,7H2,1H3. The summed E-state index contributed by atoms with van der Waals surface area (Å²) in [5, 5.41) is 4.08. The van der Waals surface area contributed by atoms with Crippen molar-refractivity contribution < 1.29 is 0 Å². The van der Waals surface area contributed by atoms with Crippen molar-refractivity contribution in [2.24, 2.45) is 0 Å². The van der Waals surface area contributed by atoms with E-state index in [1.54, 1.807) is 6.20 Å². The normalized spacial score (nSPS) is 12.4. The van der Waals surface area contributed by atoms with Crippen LogP contribution in [0, 0.1) is 0 Å². The Morgan fingerprint density at radius 3 is 2.63 bits per heavy atom. The molecule has 2 aromatic heterocycles. The van der Waals surface area contributed by atoms with Crippen molar-refractivity contribution in [1.82, 2.24) is 15.3 Å². The van der Waals surface area contributed by atoms with Crippen molar-refractivity contribution in [3.63, 3.8) is 0 Å². The SMILES string of the molecule is CCNC(Cc1ccc(Br)cn1)c1ccc(Cl)cn1. The quantitative estimate of drug-likeness (QED) is 0.900. The van der Waals surface area contributed by atoms with Gasteiger partial charge in [0.2, 0.25) is 0 Å². The number of aromatic nitrogens is 2.